The lowest BCUT2D eigenvalue weighted by Crippen LogP contribution is -2.44. The predicted molar refractivity (Wildman–Crippen MR) is 63.0 cm³/mol. The van der Waals surface area contributed by atoms with Crippen LogP contribution in [0, 0.1) is 0 Å². The number of amides is 1. The fourth-order valence-corrected chi connectivity index (χ4v) is 1.25. The number of hydrogen-bond acceptors (Lipinski definition) is 4. The van der Waals surface area contributed by atoms with Crippen LogP contribution in [-0.4, -0.2) is 34.1 Å². The first-order valence-corrected chi connectivity index (χ1v) is 5.38. The van der Waals surface area contributed by atoms with Gasteiger partial charge in [-0.15, -0.1) is 0 Å². The lowest BCUT2D eigenvalue weighted by molar-refractivity contribution is -0.123. The van der Waals surface area contributed by atoms with E-state index in [0.29, 0.717) is 0 Å². The molecule has 0 spiro atoms. The summed E-state index contributed by atoms with van der Waals surface area (Å²) in [4.78, 5) is 34.1. The number of carbonyl (C=O) groups excluding carboxylic acids is 1. The fraction of sp³-hybridized carbons (Fsp3) is 0.500. The monoisotopic (exact) mass is 276 g/mol. The highest BCUT2D eigenvalue weighted by atomic mass is 19.3. The normalized spacial score (nSPS) is 11.4. The smallest absolute Gasteiger partial charge is 0.331 e. The first-order chi connectivity index (χ1) is 8.76. The third-order valence-corrected chi connectivity index (χ3v) is 2.42. The van der Waals surface area contributed by atoms with Crippen LogP contribution < -0.4 is 22.3 Å². The van der Waals surface area contributed by atoms with Gasteiger partial charge in [0, 0.05) is 19.3 Å². The molecule has 1 amide bonds. The summed E-state index contributed by atoms with van der Waals surface area (Å²) in [6, 6.07) is 1.10. The van der Waals surface area contributed by atoms with Crippen molar-refractivity contribution in [2.75, 3.05) is 13.1 Å². The molecule has 0 saturated heterocycles. The van der Waals surface area contributed by atoms with E-state index in [4.69, 9.17) is 5.73 Å². The lowest BCUT2D eigenvalue weighted by Gasteiger charge is -2.14. The molecule has 7 nitrogen and oxygen atoms in total. The zero-order valence-electron chi connectivity index (χ0n) is 10.2. The number of nitrogens with two attached hydrogens (primary N) is 1. The summed E-state index contributed by atoms with van der Waals surface area (Å²) in [5.74, 6) is -3.96. The minimum absolute atomic E-state index is 0.451. The fourth-order valence-electron chi connectivity index (χ4n) is 1.25. The Bertz CT molecular complexity index is 579. The number of aromatic nitrogens is 2. The van der Waals surface area contributed by atoms with Crippen molar-refractivity contribution in [2.24, 2.45) is 12.8 Å². The zero-order valence-corrected chi connectivity index (χ0v) is 10.2. The van der Waals surface area contributed by atoms with Crippen LogP contribution in [0.25, 0.3) is 0 Å². The van der Waals surface area contributed by atoms with E-state index in [1.807, 2.05) is 5.32 Å². The Labute approximate surface area is 106 Å². The van der Waals surface area contributed by atoms with Gasteiger partial charge >= 0.3 is 5.69 Å². The number of rotatable bonds is 5. The second-order valence-electron chi connectivity index (χ2n) is 3.96. The maximum Gasteiger partial charge on any atom is 0.331 e. The molecule has 0 saturated carbocycles. The quantitative estimate of drug-likeness (QED) is 0.666. The molecule has 19 heavy (non-hydrogen) atoms. The SMILES string of the molecule is Cn1c(=O)ccn(CC(=O)NCC(F)(F)CN)c1=O. The largest absolute Gasteiger partial charge is 0.348 e. The van der Waals surface area contributed by atoms with Crippen LogP contribution in [0.3, 0.4) is 0 Å². The number of halogens is 2. The van der Waals surface area contributed by atoms with Gasteiger partial charge in [-0.05, 0) is 0 Å². The highest BCUT2D eigenvalue weighted by Crippen LogP contribution is 2.08. The molecule has 106 valence electrons. The average molecular weight is 276 g/mol. The summed E-state index contributed by atoms with van der Waals surface area (Å²) in [7, 11) is 1.25. The first-order valence-electron chi connectivity index (χ1n) is 5.38. The molecule has 0 aliphatic heterocycles. The Morgan fingerprint density at radius 2 is 2.11 bits per heavy atom. The molecule has 3 N–H and O–H groups in total. The molecule has 1 aromatic heterocycles. The van der Waals surface area contributed by atoms with Crippen LogP contribution >= 0.6 is 0 Å². The lowest BCUT2D eigenvalue weighted by atomic mass is 10.3. The van der Waals surface area contributed by atoms with Crippen LogP contribution in [0.1, 0.15) is 0 Å². The molecule has 0 aliphatic carbocycles. The van der Waals surface area contributed by atoms with E-state index in [1.165, 1.54) is 7.05 Å². The third kappa shape index (κ3) is 3.98. The predicted octanol–water partition coefficient (Wildman–Crippen LogP) is -1.74. The molecule has 0 aliphatic rings. The van der Waals surface area contributed by atoms with E-state index in [9.17, 15) is 23.2 Å². The molecule has 0 fully saturated rings. The number of hydrogen-bond donors (Lipinski definition) is 2. The van der Waals surface area contributed by atoms with E-state index in [0.717, 1.165) is 21.4 Å². The van der Waals surface area contributed by atoms with Crippen molar-refractivity contribution in [3.05, 3.63) is 33.1 Å². The average Bonchev–Trinajstić information content (AvgIpc) is 2.37. The van der Waals surface area contributed by atoms with Crippen molar-refractivity contribution in [3.63, 3.8) is 0 Å². The van der Waals surface area contributed by atoms with Crippen molar-refractivity contribution in [1.82, 2.24) is 14.5 Å². The van der Waals surface area contributed by atoms with E-state index >= 15 is 0 Å². The van der Waals surface area contributed by atoms with Gasteiger partial charge < -0.3 is 11.1 Å². The maximum absolute atomic E-state index is 12.8. The van der Waals surface area contributed by atoms with Gasteiger partial charge in [-0.3, -0.25) is 18.7 Å². The first kappa shape index (κ1) is 15.0. The van der Waals surface area contributed by atoms with Gasteiger partial charge in [0.2, 0.25) is 5.91 Å². The maximum atomic E-state index is 12.8. The molecule has 9 heteroatoms. The number of nitrogens with one attached hydrogen (secondary N) is 1. The Hall–Kier alpha value is -2.03. The van der Waals surface area contributed by atoms with Gasteiger partial charge in [-0.25, -0.2) is 13.6 Å². The molecule has 1 heterocycles. The molecular formula is C10H14F2N4O3. The topological polar surface area (TPSA) is 99.1 Å². The van der Waals surface area contributed by atoms with Crippen molar-refractivity contribution in [3.8, 4) is 0 Å². The van der Waals surface area contributed by atoms with Gasteiger partial charge in [0.15, 0.2) is 0 Å². The Morgan fingerprint density at radius 3 is 2.68 bits per heavy atom. The van der Waals surface area contributed by atoms with Crippen LogP contribution in [-0.2, 0) is 18.4 Å². The van der Waals surface area contributed by atoms with Crippen molar-refractivity contribution < 1.29 is 13.6 Å². The molecule has 0 radical (unpaired) electrons. The van der Waals surface area contributed by atoms with E-state index in [1.54, 1.807) is 0 Å². The van der Waals surface area contributed by atoms with Crippen molar-refractivity contribution in [1.29, 1.82) is 0 Å². The summed E-state index contributed by atoms with van der Waals surface area (Å²) in [6.45, 7) is -2.23. The Balaban J connectivity index is 2.71. The second-order valence-corrected chi connectivity index (χ2v) is 3.96. The van der Waals surface area contributed by atoms with Crippen LogP contribution in [0.5, 0.6) is 0 Å². The summed E-state index contributed by atoms with van der Waals surface area (Å²) < 4.78 is 27.3. The number of alkyl halides is 2. The van der Waals surface area contributed by atoms with E-state index in [2.05, 4.69) is 0 Å². The van der Waals surface area contributed by atoms with Crippen molar-refractivity contribution >= 4 is 5.91 Å². The molecule has 0 unspecified atom stereocenters. The number of nitrogens with zero attached hydrogens (tertiary/aromatic N) is 2. The van der Waals surface area contributed by atoms with Crippen LogP contribution in [0.2, 0.25) is 0 Å². The molecule has 1 rings (SSSR count). The number of carbonyl (C=O) groups is 1. The third-order valence-electron chi connectivity index (χ3n) is 2.42. The van der Waals surface area contributed by atoms with Gasteiger partial charge in [-0.1, -0.05) is 0 Å². The molecular weight excluding hydrogens is 262 g/mol. The molecule has 1 aromatic rings. The minimum Gasteiger partial charge on any atom is -0.348 e. The summed E-state index contributed by atoms with van der Waals surface area (Å²) in [5.41, 5.74) is 3.59. The molecule has 0 atom stereocenters. The van der Waals surface area contributed by atoms with Crippen molar-refractivity contribution in [2.45, 2.75) is 12.5 Å². The zero-order chi connectivity index (χ0) is 14.6. The molecule has 0 bridgehead atoms. The summed E-state index contributed by atoms with van der Waals surface area (Å²) >= 11 is 0. The molecule has 0 aromatic carbocycles. The summed E-state index contributed by atoms with van der Waals surface area (Å²) in [5, 5.41) is 1.97. The van der Waals surface area contributed by atoms with Gasteiger partial charge in [0.05, 0.1) is 13.1 Å². The van der Waals surface area contributed by atoms with Gasteiger partial charge in [0.1, 0.15) is 6.54 Å². The highest BCUT2D eigenvalue weighted by molar-refractivity contribution is 5.75. The Morgan fingerprint density at radius 1 is 1.47 bits per heavy atom. The Kier molecular flexibility index (Phi) is 4.54. The van der Waals surface area contributed by atoms with E-state index < -0.39 is 42.7 Å². The standard InChI is InChI=1S/C10H14F2N4O3/c1-15-8(18)2-3-16(9(15)19)4-7(17)14-6-10(11,12)5-13/h2-3H,4-6,13H2,1H3,(H,14,17). The van der Waals surface area contributed by atoms with Gasteiger partial charge in [0.25, 0.3) is 11.5 Å². The minimum atomic E-state index is -3.19. The van der Waals surface area contributed by atoms with Gasteiger partial charge in [-0.2, -0.15) is 0 Å². The summed E-state index contributed by atoms with van der Waals surface area (Å²) in [6.07, 6.45) is 1.13. The second kappa shape index (κ2) is 5.74. The van der Waals surface area contributed by atoms with E-state index in [-0.39, 0.29) is 0 Å². The van der Waals surface area contributed by atoms with Crippen LogP contribution in [0.15, 0.2) is 21.9 Å². The van der Waals surface area contributed by atoms with Crippen LogP contribution in [0.4, 0.5) is 8.78 Å². The highest BCUT2D eigenvalue weighted by Gasteiger charge is 2.27.